The molecule has 0 unspecified atom stereocenters. The van der Waals surface area contributed by atoms with E-state index in [0.717, 1.165) is 24.3 Å². The van der Waals surface area contributed by atoms with Crippen LogP contribution in [0.1, 0.15) is 12.8 Å². The minimum absolute atomic E-state index is 0.0155. The zero-order valence-electron chi connectivity index (χ0n) is 8.44. The molecule has 1 aliphatic rings. The monoisotopic (exact) mass is 268 g/mol. The summed E-state index contributed by atoms with van der Waals surface area (Å²) in [4.78, 5) is 0.0155. The Morgan fingerprint density at radius 1 is 1.47 bits per heavy atom. The minimum atomic E-state index is -3.30. The molecule has 0 aliphatic carbocycles. The standard InChI is InChI=1S/C8H16N2O2S3/c9-8(13)6-15(11,12)10-5-7-1-3-14-4-2-7/h7,10H,1-6H2,(H2,9,13). The van der Waals surface area contributed by atoms with E-state index in [9.17, 15) is 8.42 Å². The van der Waals surface area contributed by atoms with Crippen LogP contribution in [0.4, 0.5) is 0 Å². The van der Waals surface area contributed by atoms with Gasteiger partial charge in [-0.05, 0) is 30.3 Å². The highest BCUT2D eigenvalue weighted by Crippen LogP contribution is 2.21. The van der Waals surface area contributed by atoms with E-state index in [1.165, 1.54) is 0 Å². The molecule has 4 nitrogen and oxygen atoms in total. The van der Waals surface area contributed by atoms with Crippen LogP contribution in [0.2, 0.25) is 0 Å². The zero-order chi connectivity index (χ0) is 11.3. The number of thioether (sulfide) groups is 1. The highest BCUT2D eigenvalue weighted by molar-refractivity contribution is 7.99. The van der Waals surface area contributed by atoms with Crippen molar-refractivity contribution in [3.8, 4) is 0 Å². The van der Waals surface area contributed by atoms with Crippen LogP contribution in [-0.4, -0.2) is 37.2 Å². The summed E-state index contributed by atoms with van der Waals surface area (Å²) in [6.45, 7) is 0.519. The number of thiocarbonyl (C=S) groups is 1. The largest absolute Gasteiger partial charge is 0.392 e. The molecule has 0 amide bonds. The predicted molar refractivity (Wildman–Crippen MR) is 68.6 cm³/mol. The smallest absolute Gasteiger partial charge is 0.218 e. The molecule has 1 fully saturated rings. The van der Waals surface area contributed by atoms with Crippen molar-refractivity contribution in [2.75, 3.05) is 23.8 Å². The fourth-order valence-electron chi connectivity index (χ4n) is 1.43. The molecular formula is C8H16N2O2S3. The molecule has 0 saturated carbocycles. The van der Waals surface area contributed by atoms with Crippen molar-refractivity contribution < 1.29 is 8.42 Å². The van der Waals surface area contributed by atoms with Crippen LogP contribution >= 0.6 is 24.0 Å². The van der Waals surface area contributed by atoms with Crippen molar-refractivity contribution >= 4 is 39.0 Å². The second kappa shape index (κ2) is 6.03. The Bertz CT molecular complexity index is 310. The summed E-state index contributed by atoms with van der Waals surface area (Å²) in [7, 11) is -3.30. The number of nitrogens with one attached hydrogen (secondary N) is 1. The van der Waals surface area contributed by atoms with Crippen LogP contribution in [0.5, 0.6) is 0 Å². The lowest BCUT2D eigenvalue weighted by Crippen LogP contribution is -2.36. The number of rotatable bonds is 5. The van der Waals surface area contributed by atoms with Gasteiger partial charge in [-0.1, -0.05) is 12.2 Å². The lowest BCUT2D eigenvalue weighted by atomic mass is 10.0. The number of sulfonamides is 1. The van der Waals surface area contributed by atoms with Crippen LogP contribution in [-0.2, 0) is 10.0 Å². The van der Waals surface area contributed by atoms with Gasteiger partial charge in [-0.3, -0.25) is 0 Å². The van der Waals surface area contributed by atoms with E-state index in [-0.39, 0.29) is 10.7 Å². The Morgan fingerprint density at radius 2 is 2.07 bits per heavy atom. The van der Waals surface area contributed by atoms with Crippen molar-refractivity contribution in [3.05, 3.63) is 0 Å². The van der Waals surface area contributed by atoms with Crippen molar-refractivity contribution in [2.45, 2.75) is 12.8 Å². The van der Waals surface area contributed by atoms with Crippen molar-refractivity contribution in [1.82, 2.24) is 4.72 Å². The summed E-state index contributed by atoms with van der Waals surface area (Å²) in [5.74, 6) is 2.47. The van der Waals surface area contributed by atoms with Gasteiger partial charge in [-0.25, -0.2) is 13.1 Å². The van der Waals surface area contributed by atoms with E-state index in [4.69, 9.17) is 5.73 Å². The second-order valence-corrected chi connectivity index (χ2v) is 7.19. The van der Waals surface area contributed by atoms with Crippen molar-refractivity contribution in [3.63, 3.8) is 0 Å². The Kier molecular flexibility index (Phi) is 5.31. The zero-order valence-corrected chi connectivity index (χ0v) is 10.9. The summed E-state index contributed by atoms with van der Waals surface area (Å²) in [5.41, 5.74) is 5.20. The molecule has 0 aromatic heterocycles. The van der Waals surface area contributed by atoms with Gasteiger partial charge in [-0.2, -0.15) is 11.8 Å². The molecule has 7 heteroatoms. The van der Waals surface area contributed by atoms with Gasteiger partial charge >= 0.3 is 0 Å². The topological polar surface area (TPSA) is 72.2 Å². The lowest BCUT2D eigenvalue weighted by Gasteiger charge is -2.21. The molecule has 0 radical (unpaired) electrons. The van der Waals surface area contributed by atoms with Crippen LogP contribution in [0.15, 0.2) is 0 Å². The normalized spacial score (nSPS) is 18.9. The van der Waals surface area contributed by atoms with Gasteiger partial charge in [0.25, 0.3) is 0 Å². The van der Waals surface area contributed by atoms with Crippen molar-refractivity contribution in [1.29, 1.82) is 0 Å². The maximum atomic E-state index is 11.4. The first-order valence-electron chi connectivity index (χ1n) is 4.83. The quantitative estimate of drug-likeness (QED) is 0.703. The summed E-state index contributed by atoms with van der Waals surface area (Å²) in [6.07, 6.45) is 2.17. The molecule has 1 aliphatic heterocycles. The molecule has 0 spiro atoms. The third-order valence-corrected chi connectivity index (χ3v) is 4.94. The van der Waals surface area contributed by atoms with E-state index < -0.39 is 10.0 Å². The summed E-state index contributed by atoms with van der Waals surface area (Å²) < 4.78 is 25.4. The van der Waals surface area contributed by atoms with Gasteiger partial charge in [0, 0.05) is 6.54 Å². The molecule has 1 rings (SSSR count). The Morgan fingerprint density at radius 3 is 2.60 bits per heavy atom. The SMILES string of the molecule is NC(=S)CS(=O)(=O)NCC1CCSCC1. The van der Waals surface area contributed by atoms with E-state index in [2.05, 4.69) is 16.9 Å². The summed E-state index contributed by atoms with van der Waals surface area (Å²) in [6, 6.07) is 0. The Hall–Kier alpha value is 0.150. The van der Waals surface area contributed by atoms with Gasteiger partial charge in [0.1, 0.15) is 5.75 Å². The Balaban J connectivity index is 2.31. The lowest BCUT2D eigenvalue weighted by molar-refractivity contribution is 0.477. The number of nitrogens with two attached hydrogens (primary N) is 1. The first kappa shape index (κ1) is 13.2. The molecular weight excluding hydrogens is 252 g/mol. The fraction of sp³-hybridized carbons (Fsp3) is 0.875. The third-order valence-electron chi connectivity index (χ3n) is 2.27. The summed E-state index contributed by atoms with van der Waals surface area (Å²) >= 11 is 6.49. The first-order valence-corrected chi connectivity index (χ1v) is 8.04. The predicted octanol–water partition coefficient (Wildman–Crippen LogP) is 0.335. The van der Waals surface area contributed by atoms with Crippen LogP contribution in [0, 0.1) is 5.92 Å². The molecule has 1 heterocycles. The van der Waals surface area contributed by atoms with E-state index in [1.54, 1.807) is 0 Å². The summed E-state index contributed by atoms with van der Waals surface area (Å²) in [5, 5.41) is 0. The van der Waals surface area contributed by atoms with Crippen LogP contribution < -0.4 is 10.5 Å². The third kappa shape index (κ3) is 5.70. The molecule has 3 N–H and O–H groups in total. The fourth-order valence-corrected chi connectivity index (χ4v) is 4.07. The average Bonchev–Trinajstić information content (AvgIpc) is 2.15. The van der Waals surface area contributed by atoms with E-state index in [1.807, 2.05) is 11.8 Å². The Labute approximate surface area is 100 Å². The van der Waals surface area contributed by atoms with E-state index in [0.29, 0.717) is 12.5 Å². The van der Waals surface area contributed by atoms with Crippen LogP contribution in [0.3, 0.4) is 0 Å². The molecule has 0 atom stereocenters. The number of hydrogen-bond donors (Lipinski definition) is 2. The minimum Gasteiger partial charge on any atom is -0.392 e. The number of hydrogen-bond acceptors (Lipinski definition) is 4. The van der Waals surface area contributed by atoms with Gasteiger partial charge in [-0.15, -0.1) is 0 Å². The molecule has 0 aromatic rings. The molecule has 0 aromatic carbocycles. The first-order chi connectivity index (χ1) is 6.99. The van der Waals surface area contributed by atoms with Crippen molar-refractivity contribution in [2.24, 2.45) is 11.7 Å². The van der Waals surface area contributed by atoms with Gasteiger partial charge < -0.3 is 5.73 Å². The molecule has 15 heavy (non-hydrogen) atoms. The van der Waals surface area contributed by atoms with Gasteiger partial charge in [0.2, 0.25) is 10.0 Å². The maximum absolute atomic E-state index is 11.4. The molecule has 88 valence electrons. The highest BCUT2D eigenvalue weighted by Gasteiger charge is 2.17. The van der Waals surface area contributed by atoms with Gasteiger partial charge in [0.15, 0.2) is 0 Å². The highest BCUT2D eigenvalue weighted by atomic mass is 32.2. The second-order valence-electron chi connectivity index (χ2n) is 3.63. The maximum Gasteiger partial charge on any atom is 0.218 e. The van der Waals surface area contributed by atoms with Gasteiger partial charge in [0.05, 0.1) is 4.99 Å². The molecule has 1 saturated heterocycles. The van der Waals surface area contributed by atoms with Crippen LogP contribution in [0.25, 0.3) is 0 Å². The average molecular weight is 268 g/mol. The van der Waals surface area contributed by atoms with E-state index >= 15 is 0 Å². The molecule has 0 bridgehead atoms.